The quantitative estimate of drug-likeness (QED) is 0.793. The molecule has 0 spiro atoms. The van der Waals surface area contributed by atoms with Crippen LogP contribution in [0.25, 0.3) is 0 Å². The predicted molar refractivity (Wildman–Crippen MR) is 71.0 cm³/mol. The summed E-state index contributed by atoms with van der Waals surface area (Å²) in [7, 11) is 0. The lowest BCUT2D eigenvalue weighted by molar-refractivity contribution is 0.0558. The van der Waals surface area contributed by atoms with Crippen molar-refractivity contribution < 1.29 is 24.5 Å². The Bertz CT molecular complexity index is 428. The van der Waals surface area contributed by atoms with Gasteiger partial charge in [0.2, 0.25) is 0 Å². The summed E-state index contributed by atoms with van der Waals surface area (Å²) in [5, 5.41) is 18.5. The number of hydrogen-bond acceptors (Lipinski definition) is 4. The molecule has 0 radical (unpaired) electrons. The maximum atomic E-state index is 11.1. The number of hydrogen-bond donors (Lipinski definition) is 2. The van der Waals surface area contributed by atoms with Crippen molar-refractivity contribution in [2.24, 2.45) is 0 Å². The second-order valence-corrected chi connectivity index (χ2v) is 4.38. The molecule has 0 aliphatic rings. The molecule has 5 heteroatoms. The first kappa shape index (κ1) is 15.3. The van der Waals surface area contributed by atoms with Crippen LogP contribution in [0.3, 0.4) is 0 Å². The lowest BCUT2D eigenvalue weighted by atomic mass is 10.2. The molecule has 106 valence electrons. The lowest BCUT2D eigenvalue weighted by Gasteiger charge is -2.19. The third-order valence-electron chi connectivity index (χ3n) is 2.65. The van der Waals surface area contributed by atoms with E-state index < -0.39 is 18.2 Å². The van der Waals surface area contributed by atoms with Gasteiger partial charge in [-0.15, -0.1) is 0 Å². The Morgan fingerprint density at radius 1 is 1.37 bits per heavy atom. The minimum absolute atomic E-state index is 0.0522. The molecule has 0 heterocycles. The molecule has 0 saturated heterocycles. The fourth-order valence-corrected chi connectivity index (χ4v) is 1.39. The monoisotopic (exact) mass is 268 g/mol. The van der Waals surface area contributed by atoms with E-state index in [9.17, 15) is 9.90 Å². The molecule has 1 aromatic carbocycles. The Balaban J connectivity index is 2.98. The Labute approximate surface area is 112 Å². The van der Waals surface area contributed by atoms with E-state index in [0.29, 0.717) is 12.4 Å². The zero-order valence-corrected chi connectivity index (χ0v) is 11.4. The van der Waals surface area contributed by atoms with Gasteiger partial charge in [-0.2, -0.15) is 0 Å². The summed E-state index contributed by atoms with van der Waals surface area (Å²) in [4.78, 5) is 11.1. The topological polar surface area (TPSA) is 76.0 Å². The molecule has 1 aromatic rings. The summed E-state index contributed by atoms with van der Waals surface area (Å²) in [6, 6.07) is 4.58. The molecule has 2 unspecified atom stereocenters. The Morgan fingerprint density at radius 3 is 2.58 bits per heavy atom. The van der Waals surface area contributed by atoms with Crippen LogP contribution in [0.1, 0.15) is 37.6 Å². The standard InChI is InChI=1S/C14H20O5/c1-4-7-18-11-5-6-12(14(16)17)13(8-11)19-10(3)9(2)15/h5-6,8-10,15H,4,7H2,1-3H3,(H,16,17). The first-order valence-electron chi connectivity index (χ1n) is 6.30. The van der Waals surface area contributed by atoms with Crippen LogP contribution in [0.5, 0.6) is 11.5 Å². The van der Waals surface area contributed by atoms with E-state index in [1.165, 1.54) is 12.1 Å². The smallest absolute Gasteiger partial charge is 0.339 e. The van der Waals surface area contributed by atoms with Crippen LogP contribution in [0.4, 0.5) is 0 Å². The fraction of sp³-hybridized carbons (Fsp3) is 0.500. The molecule has 0 bridgehead atoms. The summed E-state index contributed by atoms with van der Waals surface area (Å²) in [6.07, 6.45) is -0.331. The maximum absolute atomic E-state index is 11.1. The second kappa shape index (κ2) is 6.99. The molecular weight excluding hydrogens is 248 g/mol. The van der Waals surface area contributed by atoms with E-state index in [2.05, 4.69) is 0 Å². The number of ether oxygens (including phenoxy) is 2. The van der Waals surface area contributed by atoms with Crippen molar-refractivity contribution in [2.45, 2.75) is 39.4 Å². The third kappa shape index (κ3) is 4.44. The molecule has 0 amide bonds. The van der Waals surface area contributed by atoms with E-state index in [0.717, 1.165) is 6.42 Å². The molecule has 2 N–H and O–H groups in total. The molecule has 19 heavy (non-hydrogen) atoms. The minimum Gasteiger partial charge on any atom is -0.493 e. The van der Waals surface area contributed by atoms with Crippen LogP contribution in [0.15, 0.2) is 18.2 Å². The number of rotatable bonds is 7. The van der Waals surface area contributed by atoms with Crippen molar-refractivity contribution in [3.8, 4) is 11.5 Å². The largest absolute Gasteiger partial charge is 0.493 e. The molecule has 0 aliphatic carbocycles. The van der Waals surface area contributed by atoms with Gasteiger partial charge in [0.15, 0.2) is 0 Å². The van der Waals surface area contributed by atoms with Crippen LogP contribution < -0.4 is 9.47 Å². The summed E-state index contributed by atoms with van der Waals surface area (Å²) in [5.74, 6) is -0.316. The average Bonchev–Trinajstić information content (AvgIpc) is 2.36. The molecule has 0 aliphatic heterocycles. The molecule has 0 fully saturated rings. The summed E-state index contributed by atoms with van der Waals surface area (Å²) < 4.78 is 10.9. The predicted octanol–water partition coefficient (Wildman–Crippen LogP) is 2.32. The number of carboxylic acid groups (broad SMARTS) is 1. The molecule has 0 saturated carbocycles. The zero-order valence-electron chi connectivity index (χ0n) is 11.4. The van der Waals surface area contributed by atoms with Crippen molar-refractivity contribution in [3.63, 3.8) is 0 Å². The van der Waals surface area contributed by atoms with Crippen LogP contribution in [0.2, 0.25) is 0 Å². The van der Waals surface area contributed by atoms with E-state index >= 15 is 0 Å². The molecule has 1 rings (SSSR count). The summed E-state index contributed by atoms with van der Waals surface area (Å²) in [6.45, 7) is 5.80. The highest BCUT2D eigenvalue weighted by atomic mass is 16.5. The van der Waals surface area contributed by atoms with E-state index in [4.69, 9.17) is 14.6 Å². The van der Waals surface area contributed by atoms with Gasteiger partial charge >= 0.3 is 5.97 Å². The van der Waals surface area contributed by atoms with Crippen molar-refractivity contribution >= 4 is 5.97 Å². The van der Waals surface area contributed by atoms with Gasteiger partial charge in [-0.25, -0.2) is 4.79 Å². The number of benzene rings is 1. The highest BCUT2D eigenvalue weighted by Crippen LogP contribution is 2.26. The molecule has 2 atom stereocenters. The van der Waals surface area contributed by atoms with Gasteiger partial charge in [-0.1, -0.05) is 6.92 Å². The van der Waals surface area contributed by atoms with Crippen molar-refractivity contribution in [2.75, 3.05) is 6.61 Å². The number of aliphatic hydroxyl groups is 1. The Morgan fingerprint density at radius 2 is 2.05 bits per heavy atom. The van der Waals surface area contributed by atoms with Crippen LogP contribution in [-0.2, 0) is 0 Å². The number of aromatic carboxylic acids is 1. The summed E-state index contributed by atoms with van der Waals surface area (Å²) in [5.41, 5.74) is 0.0522. The van der Waals surface area contributed by atoms with Crippen molar-refractivity contribution in [3.05, 3.63) is 23.8 Å². The number of carboxylic acids is 1. The van der Waals surface area contributed by atoms with Crippen LogP contribution in [-0.4, -0.2) is 35.0 Å². The van der Waals surface area contributed by atoms with Gasteiger partial charge in [0.05, 0.1) is 12.7 Å². The molecule has 5 nitrogen and oxygen atoms in total. The first-order valence-corrected chi connectivity index (χ1v) is 6.30. The van der Waals surface area contributed by atoms with E-state index in [-0.39, 0.29) is 11.3 Å². The Kier molecular flexibility index (Phi) is 5.63. The molecular formula is C14H20O5. The van der Waals surface area contributed by atoms with Crippen LogP contribution >= 0.6 is 0 Å². The van der Waals surface area contributed by atoms with Crippen molar-refractivity contribution in [1.82, 2.24) is 0 Å². The van der Waals surface area contributed by atoms with Gasteiger partial charge < -0.3 is 19.7 Å². The van der Waals surface area contributed by atoms with Gasteiger partial charge in [0.25, 0.3) is 0 Å². The van der Waals surface area contributed by atoms with Gasteiger partial charge in [0.1, 0.15) is 23.2 Å². The van der Waals surface area contributed by atoms with Gasteiger partial charge in [-0.05, 0) is 32.4 Å². The van der Waals surface area contributed by atoms with E-state index in [1.54, 1.807) is 19.9 Å². The lowest BCUT2D eigenvalue weighted by Crippen LogP contribution is -2.26. The highest BCUT2D eigenvalue weighted by Gasteiger charge is 2.17. The van der Waals surface area contributed by atoms with Gasteiger partial charge in [0, 0.05) is 6.07 Å². The number of aliphatic hydroxyl groups excluding tert-OH is 1. The Hall–Kier alpha value is -1.75. The van der Waals surface area contributed by atoms with Crippen LogP contribution in [0, 0.1) is 0 Å². The first-order chi connectivity index (χ1) is 8.95. The van der Waals surface area contributed by atoms with Gasteiger partial charge in [-0.3, -0.25) is 0 Å². The van der Waals surface area contributed by atoms with E-state index in [1.807, 2.05) is 6.92 Å². The maximum Gasteiger partial charge on any atom is 0.339 e. The SMILES string of the molecule is CCCOc1ccc(C(=O)O)c(OC(C)C(C)O)c1. The third-order valence-corrected chi connectivity index (χ3v) is 2.65. The second-order valence-electron chi connectivity index (χ2n) is 4.38. The fourth-order valence-electron chi connectivity index (χ4n) is 1.39. The normalized spacial score (nSPS) is 13.7. The number of carbonyl (C=O) groups is 1. The zero-order chi connectivity index (χ0) is 14.4. The average molecular weight is 268 g/mol. The summed E-state index contributed by atoms with van der Waals surface area (Å²) >= 11 is 0. The highest BCUT2D eigenvalue weighted by molar-refractivity contribution is 5.91. The molecule has 0 aromatic heterocycles. The van der Waals surface area contributed by atoms with Crippen molar-refractivity contribution in [1.29, 1.82) is 0 Å². The minimum atomic E-state index is -1.07.